The maximum atomic E-state index is 14.0. The first kappa shape index (κ1) is 42.6. The molecule has 3 heterocycles. The molecule has 2 aliphatic heterocycles. The Labute approximate surface area is 361 Å². The fraction of sp³-hybridized carbons (Fsp3) is 0.314. The molecular weight excluding hydrogens is 781 g/mol. The first-order valence-electron chi connectivity index (χ1n) is 21.6. The number of phenolic OH excluding ortho intramolecular Hbond substituents is 1. The van der Waals surface area contributed by atoms with Gasteiger partial charge in [-0.05, 0) is 108 Å². The summed E-state index contributed by atoms with van der Waals surface area (Å²) in [5, 5.41) is 37.2. The summed E-state index contributed by atoms with van der Waals surface area (Å²) in [5.74, 6) is -0.401. The van der Waals surface area contributed by atoms with E-state index in [9.17, 15) is 29.7 Å². The predicted octanol–water partition coefficient (Wildman–Crippen LogP) is 6.77. The number of benzene rings is 5. The second-order valence-electron chi connectivity index (χ2n) is 16.7. The van der Waals surface area contributed by atoms with Crippen molar-refractivity contribution in [2.75, 3.05) is 39.3 Å². The summed E-state index contributed by atoms with van der Waals surface area (Å²) >= 11 is 0. The van der Waals surface area contributed by atoms with E-state index in [0.717, 1.165) is 56.4 Å². The lowest BCUT2D eigenvalue weighted by Crippen LogP contribution is -2.41. The van der Waals surface area contributed by atoms with E-state index in [1.165, 1.54) is 17.7 Å². The molecule has 320 valence electrons. The van der Waals surface area contributed by atoms with Crippen molar-refractivity contribution in [3.63, 3.8) is 0 Å². The molecule has 2 saturated heterocycles. The summed E-state index contributed by atoms with van der Waals surface area (Å²) < 4.78 is 5.97. The van der Waals surface area contributed by atoms with Gasteiger partial charge in [-0.2, -0.15) is 0 Å². The summed E-state index contributed by atoms with van der Waals surface area (Å²) in [5.41, 5.74) is 3.35. The highest BCUT2D eigenvalue weighted by molar-refractivity contribution is 5.94. The Balaban J connectivity index is 0.844. The van der Waals surface area contributed by atoms with Gasteiger partial charge < -0.3 is 35.3 Å². The third-order valence-corrected chi connectivity index (χ3v) is 12.6. The fourth-order valence-electron chi connectivity index (χ4n) is 8.93. The quantitative estimate of drug-likeness (QED) is 0.0749. The Morgan fingerprint density at radius 3 is 2.19 bits per heavy atom. The van der Waals surface area contributed by atoms with Crippen LogP contribution in [-0.2, 0) is 28.2 Å². The number of phenols is 1. The molecule has 0 saturated carbocycles. The van der Waals surface area contributed by atoms with Gasteiger partial charge in [-0.3, -0.25) is 14.5 Å². The predicted molar refractivity (Wildman–Crippen MR) is 239 cm³/mol. The van der Waals surface area contributed by atoms with Gasteiger partial charge in [0.15, 0.2) is 0 Å². The lowest BCUT2D eigenvalue weighted by Gasteiger charge is -2.34. The maximum absolute atomic E-state index is 14.0. The van der Waals surface area contributed by atoms with Crippen LogP contribution in [0, 0.1) is 5.92 Å². The molecule has 5 N–H and O–H groups in total. The molecule has 11 heteroatoms. The number of rotatable bonds is 14. The summed E-state index contributed by atoms with van der Waals surface area (Å²) in [4.78, 5) is 46.3. The van der Waals surface area contributed by atoms with E-state index in [2.05, 4.69) is 39.5 Å². The second-order valence-corrected chi connectivity index (χ2v) is 16.7. The average molecular weight is 835 g/mol. The monoisotopic (exact) mass is 834 g/mol. The summed E-state index contributed by atoms with van der Waals surface area (Å²) in [7, 11) is 0. The van der Waals surface area contributed by atoms with Crippen LogP contribution in [0.1, 0.15) is 81.4 Å². The van der Waals surface area contributed by atoms with Crippen LogP contribution in [-0.4, -0.2) is 81.3 Å². The minimum absolute atomic E-state index is 0.0348. The molecule has 0 radical (unpaired) electrons. The molecule has 8 rings (SSSR count). The van der Waals surface area contributed by atoms with E-state index in [4.69, 9.17) is 4.74 Å². The van der Waals surface area contributed by atoms with Crippen LogP contribution in [0.4, 0.5) is 0 Å². The van der Waals surface area contributed by atoms with E-state index in [0.29, 0.717) is 47.3 Å². The topological polar surface area (TPSA) is 155 Å². The highest BCUT2D eigenvalue weighted by atomic mass is 16.5. The normalized spacial score (nSPS) is 16.8. The molecule has 0 aliphatic carbocycles. The number of esters is 1. The number of aromatic nitrogens is 1. The molecule has 11 nitrogen and oxygen atoms in total. The first-order valence-corrected chi connectivity index (χ1v) is 21.6. The molecule has 5 aromatic carbocycles. The summed E-state index contributed by atoms with van der Waals surface area (Å²) in [6.45, 7) is 4.88. The van der Waals surface area contributed by atoms with E-state index < -0.39 is 17.7 Å². The van der Waals surface area contributed by atoms with E-state index >= 15 is 0 Å². The largest absolute Gasteiger partial charge is 0.506 e. The average Bonchev–Trinajstić information content (AvgIpc) is 3.32. The van der Waals surface area contributed by atoms with Gasteiger partial charge in [0.05, 0.1) is 18.2 Å². The first-order chi connectivity index (χ1) is 30.2. The molecular formula is C51H54N4O7. The van der Waals surface area contributed by atoms with Gasteiger partial charge in [0.25, 0.3) is 5.91 Å². The highest BCUT2D eigenvalue weighted by Gasteiger charge is 2.42. The SMILES string of the molecule is O=C(c1ccc(CNC[C@H](O)c2ccc(O)c3[nH]c(=O)ccc23)cc1)N1CCC(c2cccc(C(O)(C(=O)OCC3CCN(Cc4ccccc4)CC3)c3ccccc3)c2)CC1. The second kappa shape index (κ2) is 19.3. The Morgan fingerprint density at radius 2 is 1.47 bits per heavy atom. The van der Waals surface area contributed by atoms with Crippen LogP contribution in [0.25, 0.3) is 10.9 Å². The number of nitrogens with zero attached hydrogens (tertiary/aromatic N) is 2. The number of likely N-dealkylation sites (tertiary alicyclic amines) is 2. The standard InChI is InChI=1S/C51H54N4O7/c56-45-20-18-43(44-19-21-47(58)53-48(44)45)46(57)32-52-31-35-14-16-39(17-15-35)49(59)55-28-24-38(25-29-55)40-10-7-13-42(30-40)51(61,41-11-5-2-6-12-41)50(60)62-34-37-22-26-54(27-23-37)33-36-8-3-1-4-9-36/h1-21,30,37-38,46,52,56-57,61H,22-29,31-34H2,(H,53,58)/t46-,51?/m0/s1. The number of aliphatic hydroxyl groups excluding tert-OH is 1. The molecule has 2 fully saturated rings. The highest BCUT2D eigenvalue weighted by Crippen LogP contribution is 2.36. The number of ether oxygens (including phenoxy) is 1. The van der Waals surface area contributed by atoms with Gasteiger partial charge in [0.2, 0.25) is 11.2 Å². The van der Waals surface area contributed by atoms with Gasteiger partial charge in [0, 0.05) is 49.7 Å². The smallest absolute Gasteiger partial charge is 0.347 e. The number of hydrogen-bond donors (Lipinski definition) is 5. The van der Waals surface area contributed by atoms with Gasteiger partial charge in [-0.25, -0.2) is 4.79 Å². The van der Waals surface area contributed by atoms with Crippen LogP contribution in [0.3, 0.4) is 0 Å². The van der Waals surface area contributed by atoms with Crippen LogP contribution in [0.15, 0.2) is 138 Å². The van der Waals surface area contributed by atoms with Crippen LogP contribution >= 0.6 is 0 Å². The zero-order valence-corrected chi connectivity index (χ0v) is 34.8. The van der Waals surface area contributed by atoms with Crippen molar-refractivity contribution in [2.24, 2.45) is 5.92 Å². The number of pyridine rings is 1. The summed E-state index contributed by atoms with van der Waals surface area (Å²) in [6, 6.07) is 40.6. The van der Waals surface area contributed by atoms with E-state index in [1.54, 1.807) is 30.3 Å². The number of amides is 1. The minimum atomic E-state index is -1.98. The van der Waals surface area contributed by atoms with Crippen molar-refractivity contribution in [3.05, 3.63) is 183 Å². The molecule has 0 spiro atoms. The Kier molecular flexibility index (Phi) is 13.3. The molecule has 62 heavy (non-hydrogen) atoms. The van der Waals surface area contributed by atoms with Gasteiger partial charge >= 0.3 is 5.97 Å². The zero-order valence-electron chi connectivity index (χ0n) is 34.8. The Hall–Kier alpha value is -6.11. The van der Waals surface area contributed by atoms with Crippen LogP contribution < -0.4 is 10.9 Å². The van der Waals surface area contributed by atoms with Crippen molar-refractivity contribution in [1.29, 1.82) is 0 Å². The van der Waals surface area contributed by atoms with Crippen LogP contribution in [0.2, 0.25) is 0 Å². The molecule has 6 aromatic rings. The fourth-order valence-corrected chi connectivity index (χ4v) is 8.93. The number of carbonyl (C=O) groups is 2. The molecule has 0 bridgehead atoms. The summed E-state index contributed by atoms with van der Waals surface area (Å²) in [6.07, 6.45) is 2.44. The maximum Gasteiger partial charge on any atom is 0.347 e. The third-order valence-electron chi connectivity index (χ3n) is 12.6. The number of fused-ring (bicyclic) bond motifs is 1. The number of aromatic amines is 1. The lowest BCUT2D eigenvalue weighted by molar-refractivity contribution is -0.164. The number of carbonyl (C=O) groups excluding carboxylic acids is 2. The Bertz CT molecular complexity index is 2510. The van der Waals surface area contributed by atoms with Crippen molar-refractivity contribution in [2.45, 2.75) is 56.4 Å². The van der Waals surface area contributed by atoms with Crippen molar-refractivity contribution >= 4 is 22.8 Å². The molecule has 1 aromatic heterocycles. The van der Waals surface area contributed by atoms with Gasteiger partial charge in [0.1, 0.15) is 5.75 Å². The molecule has 1 amide bonds. The van der Waals surface area contributed by atoms with Crippen molar-refractivity contribution in [1.82, 2.24) is 20.1 Å². The number of hydrogen-bond acceptors (Lipinski definition) is 9. The molecule has 1 unspecified atom stereocenters. The van der Waals surface area contributed by atoms with E-state index in [1.807, 2.05) is 71.6 Å². The number of aromatic hydroxyl groups is 1. The minimum Gasteiger partial charge on any atom is -0.506 e. The van der Waals surface area contributed by atoms with Crippen molar-refractivity contribution in [3.8, 4) is 5.75 Å². The van der Waals surface area contributed by atoms with E-state index in [-0.39, 0.29) is 47.7 Å². The Morgan fingerprint density at radius 1 is 0.774 bits per heavy atom. The van der Waals surface area contributed by atoms with Crippen LogP contribution in [0.5, 0.6) is 5.75 Å². The van der Waals surface area contributed by atoms with Gasteiger partial charge in [-0.1, -0.05) is 103 Å². The number of piperidine rings is 2. The number of nitrogens with one attached hydrogen (secondary N) is 2. The lowest BCUT2D eigenvalue weighted by atomic mass is 9.82. The molecule has 2 aliphatic rings. The number of H-pyrrole nitrogens is 1. The molecule has 2 atom stereocenters. The zero-order chi connectivity index (χ0) is 43.1. The third kappa shape index (κ3) is 9.66. The van der Waals surface area contributed by atoms with Crippen molar-refractivity contribution < 1.29 is 29.6 Å². The van der Waals surface area contributed by atoms with Gasteiger partial charge in [-0.15, -0.1) is 0 Å². The number of aliphatic hydroxyl groups is 2.